The van der Waals surface area contributed by atoms with Gasteiger partial charge in [0.15, 0.2) is 5.96 Å². The lowest BCUT2D eigenvalue weighted by molar-refractivity contribution is 0.131. The number of rotatable bonds is 10. The van der Waals surface area contributed by atoms with Crippen molar-refractivity contribution in [2.24, 2.45) is 10.4 Å². The fourth-order valence-corrected chi connectivity index (χ4v) is 3.34. The third-order valence-electron chi connectivity index (χ3n) is 5.13. The largest absolute Gasteiger partial charge is 0.396 e. The van der Waals surface area contributed by atoms with Crippen molar-refractivity contribution in [2.45, 2.75) is 32.6 Å². The molecule has 1 fully saturated rings. The summed E-state index contributed by atoms with van der Waals surface area (Å²) in [5.41, 5.74) is 2.58. The maximum Gasteiger partial charge on any atom is 0.191 e. The third-order valence-corrected chi connectivity index (χ3v) is 5.13. The lowest BCUT2D eigenvalue weighted by Crippen LogP contribution is -2.39. The van der Waals surface area contributed by atoms with Gasteiger partial charge in [0, 0.05) is 51.5 Å². The molecule has 3 N–H and O–H groups in total. The number of aliphatic hydroxyl groups is 1. The number of benzene rings is 1. The molecule has 1 aromatic rings. The zero-order valence-corrected chi connectivity index (χ0v) is 17.1. The highest BCUT2D eigenvalue weighted by Crippen LogP contribution is 2.32. The van der Waals surface area contributed by atoms with Crippen molar-refractivity contribution in [2.75, 3.05) is 58.5 Å². The van der Waals surface area contributed by atoms with Gasteiger partial charge < -0.3 is 25.4 Å². The minimum atomic E-state index is -0.00865. The van der Waals surface area contributed by atoms with Gasteiger partial charge in [-0.2, -0.15) is 0 Å². The number of nitrogens with one attached hydrogen (secondary N) is 2. The highest BCUT2D eigenvalue weighted by Gasteiger charge is 2.34. The van der Waals surface area contributed by atoms with Crippen molar-refractivity contribution < 1.29 is 9.84 Å². The molecule has 0 spiro atoms. The SMILES string of the molecule is CCNC(=NCC1(CCO)CCOC1)NCCCc1ccc(N(C)C)cc1. The molecule has 1 saturated heterocycles. The van der Waals surface area contributed by atoms with Crippen LogP contribution in [0.25, 0.3) is 0 Å². The minimum absolute atomic E-state index is 0.00865. The van der Waals surface area contributed by atoms with Crippen molar-refractivity contribution in [3.63, 3.8) is 0 Å². The number of aryl methyl sites for hydroxylation is 1. The van der Waals surface area contributed by atoms with E-state index in [-0.39, 0.29) is 12.0 Å². The maximum absolute atomic E-state index is 9.35. The van der Waals surface area contributed by atoms with Gasteiger partial charge in [0.1, 0.15) is 0 Å². The fraction of sp³-hybridized carbons (Fsp3) is 0.667. The van der Waals surface area contributed by atoms with Crippen LogP contribution in [0.4, 0.5) is 5.69 Å². The number of ether oxygens (including phenoxy) is 1. The molecule has 1 heterocycles. The maximum atomic E-state index is 9.35. The number of aliphatic hydroxyl groups excluding tert-OH is 1. The summed E-state index contributed by atoms with van der Waals surface area (Å²) in [7, 11) is 4.12. The predicted octanol–water partition coefficient (Wildman–Crippen LogP) is 2.03. The molecule has 27 heavy (non-hydrogen) atoms. The Morgan fingerprint density at radius 2 is 2.04 bits per heavy atom. The Hall–Kier alpha value is -1.79. The van der Waals surface area contributed by atoms with E-state index in [1.54, 1.807) is 0 Å². The molecule has 1 atom stereocenters. The van der Waals surface area contributed by atoms with Crippen molar-refractivity contribution in [1.29, 1.82) is 0 Å². The monoisotopic (exact) mass is 376 g/mol. The summed E-state index contributed by atoms with van der Waals surface area (Å²) in [6, 6.07) is 8.73. The first-order chi connectivity index (χ1) is 13.1. The quantitative estimate of drug-likeness (QED) is 0.331. The van der Waals surface area contributed by atoms with E-state index in [9.17, 15) is 5.11 Å². The Labute approximate surface area is 164 Å². The number of anilines is 1. The van der Waals surface area contributed by atoms with E-state index >= 15 is 0 Å². The average molecular weight is 377 g/mol. The van der Waals surface area contributed by atoms with E-state index in [1.165, 1.54) is 11.3 Å². The summed E-state index contributed by atoms with van der Waals surface area (Å²) in [4.78, 5) is 6.87. The van der Waals surface area contributed by atoms with Crippen LogP contribution >= 0.6 is 0 Å². The average Bonchev–Trinajstić information content (AvgIpc) is 3.12. The van der Waals surface area contributed by atoms with Gasteiger partial charge in [-0.25, -0.2) is 0 Å². The Morgan fingerprint density at radius 3 is 2.63 bits per heavy atom. The van der Waals surface area contributed by atoms with Gasteiger partial charge in [-0.1, -0.05) is 12.1 Å². The number of aliphatic imine (C=N–C) groups is 1. The number of hydrogen-bond acceptors (Lipinski definition) is 4. The van der Waals surface area contributed by atoms with Crippen LogP contribution in [0.5, 0.6) is 0 Å². The van der Waals surface area contributed by atoms with Gasteiger partial charge in [-0.15, -0.1) is 0 Å². The summed E-state index contributed by atoms with van der Waals surface area (Å²) in [5, 5.41) is 16.1. The van der Waals surface area contributed by atoms with Gasteiger partial charge >= 0.3 is 0 Å². The van der Waals surface area contributed by atoms with Gasteiger partial charge in [0.25, 0.3) is 0 Å². The second-order valence-corrected chi connectivity index (χ2v) is 7.56. The lowest BCUT2D eigenvalue weighted by atomic mass is 9.84. The molecule has 0 radical (unpaired) electrons. The van der Waals surface area contributed by atoms with E-state index in [0.717, 1.165) is 51.3 Å². The number of nitrogens with zero attached hydrogens (tertiary/aromatic N) is 2. The van der Waals surface area contributed by atoms with E-state index in [1.807, 2.05) is 0 Å². The zero-order valence-electron chi connectivity index (χ0n) is 17.1. The highest BCUT2D eigenvalue weighted by molar-refractivity contribution is 5.79. The van der Waals surface area contributed by atoms with Crippen molar-refractivity contribution in [1.82, 2.24) is 10.6 Å². The van der Waals surface area contributed by atoms with E-state index in [0.29, 0.717) is 13.2 Å². The third kappa shape index (κ3) is 7.03. The van der Waals surface area contributed by atoms with Crippen molar-refractivity contribution in [3.05, 3.63) is 29.8 Å². The smallest absolute Gasteiger partial charge is 0.191 e. The summed E-state index contributed by atoms with van der Waals surface area (Å²) in [5.74, 6) is 0.852. The van der Waals surface area contributed by atoms with Crippen LogP contribution in [0, 0.1) is 5.41 Å². The first kappa shape index (κ1) is 21.5. The van der Waals surface area contributed by atoms with Crippen LogP contribution in [-0.4, -0.2) is 64.6 Å². The van der Waals surface area contributed by atoms with E-state index in [2.05, 4.69) is 60.8 Å². The molecule has 1 aliphatic heterocycles. The summed E-state index contributed by atoms with van der Waals surface area (Å²) < 4.78 is 5.55. The van der Waals surface area contributed by atoms with Crippen LogP contribution in [0.1, 0.15) is 31.7 Å². The highest BCUT2D eigenvalue weighted by atomic mass is 16.5. The van der Waals surface area contributed by atoms with Crippen LogP contribution in [0.15, 0.2) is 29.3 Å². The molecule has 0 amide bonds. The minimum Gasteiger partial charge on any atom is -0.396 e. The fourth-order valence-electron chi connectivity index (χ4n) is 3.34. The number of guanidine groups is 1. The van der Waals surface area contributed by atoms with Crippen LogP contribution < -0.4 is 15.5 Å². The molecule has 1 unspecified atom stereocenters. The zero-order chi connectivity index (χ0) is 19.5. The van der Waals surface area contributed by atoms with Gasteiger partial charge in [-0.3, -0.25) is 4.99 Å². The molecule has 0 aromatic heterocycles. The van der Waals surface area contributed by atoms with Gasteiger partial charge in [0.2, 0.25) is 0 Å². The molecular weight excluding hydrogens is 340 g/mol. The first-order valence-electron chi connectivity index (χ1n) is 10.1. The molecule has 6 nitrogen and oxygen atoms in total. The van der Waals surface area contributed by atoms with Gasteiger partial charge in [0.05, 0.1) is 13.2 Å². The van der Waals surface area contributed by atoms with Crippen molar-refractivity contribution in [3.8, 4) is 0 Å². The molecule has 0 saturated carbocycles. The number of hydrogen-bond donors (Lipinski definition) is 3. The Bertz CT molecular complexity index is 566. The topological polar surface area (TPSA) is 69.1 Å². The van der Waals surface area contributed by atoms with Gasteiger partial charge in [-0.05, 0) is 50.3 Å². The molecular formula is C21H36N4O2. The second-order valence-electron chi connectivity index (χ2n) is 7.56. The van der Waals surface area contributed by atoms with Crippen LogP contribution in [-0.2, 0) is 11.2 Å². The van der Waals surface area contributed by atoms with Crippen LogP contribution in [0.2, 0.25) is 0 Å². The van der Waals surface area contributed by atoms with Crippen molar-refractivity contribution >= 4 is 11.6 Å². The standard InChI is InChI=1S/C21H36N4O2/c1-4-22-20(24-16-21(11-14-26)12-15-27-17-21)23-13-5-6-18-7-9-19(10-8-18)25(2)3/h7-10,26H,4-6,11-17H2,1-3H3,(H2,22,23,24). The summed E-state index contributed by atoms with van der Waals surface area (Å²) in [6.45, 7) is 6.13. The molecule has 1 aromatic carbocycles. The van der Waals surface area contributed by atoms with E-state index in [4.69, 9.17) is 9.73 Å². The Morgan fingerprint density at radius 1 is 1.26 bits per heavy atom. The molecule has 1 aliphatic rings. The van der Waals surface area contributed by atoms with Crippen LogP contribution in [0.3, 0.4) is 0 Å². The summed E-state index contributed by atoms with van der Waals surface area (Å²) in [6.07, 6.45) is 3.82. The Balaban J connectivity index is 1.79. The predicted molar refractivity (Wildman–Crippen MR) is 113 cm³/mol. The normalized spacial score (nSPS) is 19.9. The lowest BCUT2D eigenvalue weighted by Gasteiger charge is -2.24. The Kier molecular flexibility index (Phi) is 8.88. The first-order valence-corrected chi connectivity index (χ1v) is 10.1. The molecule has 6 heteroatoms. The molecule has 0 bridgehead atoms. The second kappa shape index (κ2) is 11.1. The summed E-state index contributed by atoms with van der Waals surface area (Å²) >= 11 is 0. The molecule has 2 rings (SSSR count). The van der Waals surface area contributed by atoms with E-state index < -0.39 is 0 Å². The molecule has 0 aliphatic carbocycles. The molecule has 152 valence electrons.